The fraction of sp³-hybridized carbons (Fsp3) is 0.652. The molecule has 0 aromatic heterocycles. The fourth-order valence-corrected chi connectivity index (χ4v) is 3.50. The van der Waals surface area contributed by atoms with Crippen molar-refractivity contribution in [3.8, 4) is 0 Å². The molecule has 0 aliphatic rings. The number of benzene rings is 1. The molecule has 0 aliphatic carbocycles. The first kappa shape index (κ1) is 26.1. The second-order valence-corrected chi connectivity index (χ2v) is 7.77. The number of amides is 2. The van der Waals surface area contributed by atoms with Crippen molar-refractivity contribution in [3.63, 3.8) is 0 Å². The summed E-state index contributed by atoms with van der Waals surface area (Å²) >= 11 is 0. The van der Waals surface area contributed by atoms with Gasteiger partial charge >= 0.3 is 0 Å². The molecule has 0 saturated heterocycles. The predicted molar refractivity (Wildman–Crippen MR) is 120 cm³/mol. The first-order valence-corrected chi connectivity index (χ1v) is 11.1. The summed E-state index contributed by atoms with van der Waals surface area (Å²) in [4.78, 5) is 29.3. The van der Waals surface area contributed by atoms with E-state index in [0.29, 0.717) is 37.3 Å². The third-order valence-corrected chi connectivity index (χ3v) is 4.78. The zero-order valence-corrected chi connectivity index (χ0v) is 19.0. The Morgan fingerprint density at radius 3 is 2.13 bits per heavy atom. The third-order valence-electron chi connectivity index (χ3n) is 4.78. The molecular formula is C23H39N3O4. The largest absolute Gasteiger partial charge is 0.395 e. The van der Waals surface area contributed by atoms with E-state index in [0.717, 1.165) is 31.4 Å². The van der Waals surface area contributed by atoms with Gasteiger partial charge in [-0.15, -0.1) is 0 Å². The number of hydrogen-bond donors (Lipinski definition) is 3. The SMILES string of the molecule is CCCN(CCO)CC(O)CNC(=O)c1cc(C)cc(C(=O)N(CCC)CCC)c1. The molecule has 7 heteroatoms. The smallest absolute Gasteiger partial charge is 0.253 e. The first-order valence-electron chi connectivity index (χ1n) is 11.1. The molecule has 0 saturated carbocycles. The summed E-state index contributed by atoms with van der Waals surface area (Å²) in [5.41, 5.74) is 1.77. The van der Waals surface area contributed by atoms with Crippen LogP contribution in [0.5, 0.6) is 0 Å². The van der Waals surface area contributed by atoms with Gasteiger partial charge in [0, 0.05) is 43.9 Å². The number of carbonyl (C=O) groups excluding carboxylic acids is 2. The van der Waals surface area contributed by atoms with E-state index in [1.54, 1.807) is 12.1 Å². The van der Waals surface area contributed by atoms with E-state index in [-0.39, 0.29) is 25.0 Å². The Morgan fingerprint density at radius 1 is 0.967 bits per heavy atom. The molecule has 1 atom stereocenters. The normalized spacial score (nSPS) is 12.1. The van der Waals surface area contributed by atoms with Gasteiger partial charge in [-0.2, -0.15) is 0 Å². The fourth-order valence-electron chi connectivity index (χ4n) is 3.50. The number of nitrogens with one attached hydrogen (secondary N) is 1. The van der Waals surface area contributed by atoms with E-state index in [1.165, 1.54) is 0 Å². The highest BCUT2D eigenvalue weighted by Crippen LogP contribution is 2.13. The number of aliphatic hydroxyl groups excluding tert-OH is 2. The number of aliphatic hydroxyl groups is 2. The minimum Gasteiger partial charge on any atom is -0.395 e. The minimum atomic E-state index is -0.734. The zero-order valence-electron chi connectivity index (χ0n) is 19.0. The Bertz CT molecular complexity index is 654. The summed E-state index contributed by atoms with van der Waals surface area (Å²) in [6.45, 7) is 11.2. The average molecular weight is 422 g/mol. The molecular weight excluding hydrogens is 382 g/mol. The Hall–Kier alpha value is -1.96. The predicted octanol–water partition coefficient (Wildman–Crippen LogP) is 2.05. The molecule has 1 unspecified atom stereocenters. The molecule has 0 spiro atoms. The Kier molecular flexibility index (Phi) is 12.3. The van der Waals surface area contributed by atoms with Crippen molar-refractivity contribution in [3.05, 3.63) is 34.9 Å². The van der Waals surface area contributed by atoms with Crippen LogP contribution >= 0.6 is 0 Å². The Morgan fingerprint density at radius 2 is 1.57 bits per heavy atom. The van der Waals surface area contributed by atoms with E-state index >= 15 is 0 Å². The van der Waals surface area contributed by atoms with Gasteiger partial charge in [-0.3, -0.25) is 14.5 Å². The van der Waals surface area contributed by atoms with Crippen LogP contribution in [0.3, 0.4) is 0 Å². The van der Waals surface area contributed by atoms with Crippen LogP contribution in [0.4, 0.5) is 0 Å². The number of hydrogen-bond acceptors (Lipinski definition) is 5. The number of aryl methyl sites for hydroxylation is 1. The molecule has 0 bridgehead atoms. The van der Waals surface area contributed by atoms with Crippen LogP contribution < -0.4 is 5.32 Å². The van der Waals surface area contributed by atoms with Gasteiger partial charge in [0.05, 0.1) is 12.7 Å². The number of rotatable bonds is 14. The molecule has 1 aromatic rings. The van der Waals surface area contributed by atoms with Crippen molar-refractivity contribution in [2.45, 2.75) is 53.1 Å². The second-order valence-electron chi connectivity index (χ2n) is 7.77. The van der Waals surface area contributed by atoms with Gasteiger partial charge in [-0.25, -0.2) is 0 Å². The summed E-state index contributed by atoms with van der Waals surface area (Å²) in [6, 6.07) is 5.19. The Labute approximate surface area is 181 Å². The lowest BCUT2D eigenvalue weighted by Gasteiger charge is -2.24. The molecule has 3 N–H and O–H groups in total. The Balaban J connectivity index is 2.79. The van der Waals surface area contributed by atoms with Gasteiger partial charge in [0.1, 0.15) is 0 Å². The highest BCUT2D eigenvalue weighted by molar-refractivity contribution is 6.00. The molecule has 0 radical (unpaired) electrons. The quantitative estimate of drug-likeness (QED) is 0.428. The summed E-state index contributed by atoms with van der Waals surface area (Å²) in [5, 5.41) is 22.1. The summed E-state index contributed by atoms with van der Waals surface area (Å²) in [5.74, 6) is -0.371. The lowest BCUT2D eigenvalue weighted by molar-refractivity contribution is 0.0755. The van der Waals surface area contributed by atoms with Crippen LogP contribution in [0.15, 0.2) is 18.2 Å². The molecule has 1 rings (SSSR count). The van der Waals surface area contributed by atoms with Crippen LogP contribution in [-0.2, 0) is 0 Å². The summed E-state index contributed by atoms with van der Waals surface area (Å²) < 4.78 is 0. The van der Waals surface area contributed by atoms with E-state index in [9.17, 15) is 14.7 Å². The number of carbonyl (C=O) groups is 2. The minimum absolute atomic E-state index is 0.0340. The number of nitrogens with zero attached hydrogens (tertiary/aromatic N) is 2. The lowest BCUT2D eigenvalue weighted by atomic mass is 10.0. The first-order chi connectivity index (χ1) is 14.4. The van der Waals surface area contributed by atoms with E-state index in [4.69, 9.17) is 5.11 Å². The summed E-state index contributed by atoms with van der Waals surface area (Å²) in [7, 11) is 0. The van der Waals surface area contributed by atoms with Crippen molar-refractivity contribution in [1.82, 2.24) is 15.1 Å². The van der Waals surface area contributed by atoms with E-state index < -0.39 is 6.10 Å². The van der Waals surface area contributed by atoms with Crippen molar-refractivity contribution in [2.24, 2.45) is 0 Å². The van der Waals surface area contributed by atoms with E-state index in [2.05, 4.69) is 5.32 Å². The van der Waals surface area contributed by atoms with Crippen LogP contribution in [0.1, 0.15) is 66.3 Å². The topological polar surface area (TPSA) is 93.1 Å². The molecule has 1 aromatic carbocycles. The van der Waals surface area contributed by atoms with Crippen LogP contribution in [0.25, 0.3) is 0 Å². The second kappa shape index (κ2) is 14.1. The highest BCUT2D eigenvalue weighted by atomic mass is 16.3. The van der Waals surface area contributed by atoms with Crippen LogP contribution in [0, 0.1) is 6.92 Å². The maximum atomic E-state index is 12.9. The highest BCUT2D eigenvalue weighted by Gasteiger charge is 2.18. The third kappa shape index (κ3) is 8.81. The molecule has 0 fully saturated rings. The molecule has 170 valence electrons. The zero-order chi connectivity index (χ0) is 22.5. The van der Waals surface area contributed by atoms with Gasteiger partial charge in [0.2, 0.25) is 0 Å². The van der Waals surface area contributed by atoms with Crippen LogP contribution in [-0.4, -0.2) is 83.8 Å². The maximum absolute atomic E-state index is 12.9. The molecule has 30 heavy (non-hydrogen) atoms. The van der Waals surface area contributed by atoms with Crippen molar-refractivity contribution < 1.29 is 19.8 Å². The standard InChI is InChI=1S/C23H39N3O4/c1-5-8-25(11-12-27)17-21(28)16-24-22(29)19-13-18(4)14-20(15-19)23(30)26(9-6-2)10-7-3/h13-15,21,27-28H,5-12,16-17H2,1-4H3,(H,24,29). The van der Waals surface area contributed by atoms with Gasteiger partial charge < -0.3 is 20.4 Å². The molecule has 2 amide bonds. The van der Waals surface area contributed by atoms with Gasteiger partial charge in [-0.1, -0.05) is 20.8 Å². The molecule has 0 heterocycles. The van der Waals surface area contributed by atoms with Gasteiger partial charge in [0.25, 0.3) is 11.8 Å². The maximum Gasteiger partial charge on any atom is 0.253 e. The lowest BCUT2D eigenvalue weighted by Crippen LogP contribution is -2.41. The van der Waals surface area contributed by atoms with Crippen molar-refractivity contribution in [1.29, 1.82) is 0 Å². The van der Waals surface area contributed by atoms with Gasteiger partial charge in [-0.05, 0) is 56.5 Å². The van der Waals surface area contributed by atoms with Gasteiger partial charge in [0.15, 0.2) is 0 Å². The average Bonchev–Trinajstić information content (AvgIpc) is 2.71. The van der Waals surface area contributed by atoms with Crippen molar-refractivity contribution in [2.75, 3.05) is 45.9 Å². The summed E-state index contributed by atoms with van der Waals surface area (Å²) in [6.07, 6.45) is 1.96. The van der Waals surface area contributed by atoms with E-state index in [1.807, 2.05) is 43.6 Å². The monoisotopic (exact) mass is 421 g/mol. The molecule has 7 nitrogen and oxygen atoms in total. The van der Waals surface area contributed by atoms with Crippen LogP contribution in [0.2, 0.25) is 0 Å². The van der Waals surface area contributed by atoms with Crippen molar-refractivity contribution >= 4 is 11.8 Å². The molecule has 0 aliphatic heterocycles.